The lowest BCUT2D eigenvalue weighted by Crippen LogP contribution is -2.51. The SMILES string of the molecule is CC(C)OC(=O)c1ccc(N2C(=O)[C@@H]3C4c5ccccc5C(C)(c5ccccc54)[C@H]3C2=O)cc1. The number of rotatable bonds is 3. The van der Waals surface area contributed by atoms with Gasteiger partial charge in [-0.1, -0.05) is 55.5 Å². The van der Waals surface area contributed by atoms with Gasteiger partial charge in [0, 0.05) is 11.3 Å². The van der Waals surface area contributed by atoms with Crippen LogP contribution in [0, 0.1) is 11.8 Å². The molecule has 2 bridgehead atoms. The van der Waals surface area contributed by atoms with E-state index >= 15 is 0 Å². The van der Waals surface area contributed by atoms with Gasteiger partial charge in [-0.2, -0.15) is 0 Å². The molecule has 0 spiro atoms. The van der Waals surface area contributed by atoms with E-state index in [1.54, 1.807) is 38.1 Å². The molecule has 0 N–H and O–H groups in total. The zero-order chi connectivity index (χ0) is 23.8. The number of anilines is 1. The van der Waals surface area contributed by atoms with E-state index in [2.05, 4.69) is 31.2 Å². The molecule has 0 aromatic heterocycles. The van der Waals surface area contributed by atoms with E-state index in [1.807, 2.05) is 24.3 Å². The van der Waals surface area contributed by atoms with Gasteiger partial charge in [0.05, 0.1) is 29.2 Å². The second-order valence-corrected chi connectivity index (χ2v) is 9.87. The second kappa shape index (κ2) is 7.13. The highest BCUT2D eigenvalue weighted by Gasteiger charge is 2.66. The minimum absolute atomic E-state index is 0.152. The fourth-order valence-corrected chi connectivity index (χ4v) is 6.43. The first-order valence-electron chi connectivity index (χ1n) is 11.7. The van der Waals surface area contributed by atoms with Crippen molar-refractivity contribution in [2.45, 2.75) is 38.2 Å². The molecule has 1 heterocycles. The van der Waals surface area contributed by atoms with Gasteiger partial charge in [-0.3, -0.25) is 9.59 Å². The number of nitrogens with zero attached hydrogens (tertiary/aromatic N) is 1. The summed E-state index contributed by atoms with van der Waals surface area (Å²) in [5.74, 6) is -1.85. The summed E-state index contributed by atoms with van der Waals surface area (Å²) in [5, 5.41) is 0. The van der Waals surface area contributed by atoms with E-state index in [9.17, 15) is 14.4 Å². The van der Waals surface area contributed by atoms with E-state index in [0.29, 0.717) is 11.3 Å². The fraction of sp³-hybridized carbons (Fsp3) is 0.276. The first-order chi connectivity index (χ1) is 16.3. The van der Waals surface area contributed by atoms with E-state index in [1.165, 1.54) is 4.90 Å². The van der Waals surface area contributed by atoms with E-state index in [4.69, 9.17) is 4.74 Å². The molecule has 7 rings (SSSR count). The van der Waals surface area contributed by atoms with E-state index < -0.39 is 23.2 Å². The summed E-state index contributed by atoms with van der Waals surface area (Å²) in [6.07, 6.45) is -0.225. The third-order valence-corrected chi connectivity index (χ3v) is 7.75. The van der Waals surface area contributed by atoms with Crippen molar-refractivity contribution in [2.24, 2.45) is 11.8 Å². The lowest BCUT2D eigenvalue weighted by atomic mass is 9.48. The standard InChI is InChI=1S/C29H25NO4/c1-16(2)34-28(33)17-12-14-18(15-13-17)30-26(31)24-23-19-8-4-6-10-21(19)29(3,25(24)27(30)32)22-11-7-5-9-20(22)23/h4-16,23-25H,1-3H3/t23?,24-,25-,29?/m1/s1. The molecule has 5 nitrogen and oxygen atoms in total. The zero-order valence-corrected chi connectivity index (χ0v) is 19.3. The number of hydrogen-bond acceptors (Lipinski definition) is 4. The summed E-state index contributed by atoms with van der Waals surface area (Å²) in [7, 11) is 0. The molecule has 1 fully saturated rings. The zero-order valence-electron chi connectivity index (χ0n) is 19.3. The van der Waals surface area contributed by atoms with Crippen molar-refractivity contribution in [1.29, 1.82) is 0 Å². The summed E-state index contributed by atoms with van der Waals surface area (Å²) in [6.45, 7) is 5.69. The third-order valence-electron chi connectivity index (χ3n) is 7.75. The summed E-state index contributed by atoms with van der Waals surface area (Å²) >= 11 is 0. The molecule has 3 aromatic carbocycles. The van der Waals surface area contributed by atoms with Crippen molar-refractivity contribution in [2.75, 3.05) is 4.90 Å². The number of esters is 1. The number of amides is 2. The molecule has 1 saturated heterocycles. The Kier molecular flexibility index (Phi) is 4.37. The molecule has 1 aliphatic heterocycles. The normalized spacial score (nSPS) is 26.4. The molecule has 5 heteroatoms. The van der Waals surface area contributed by atoms with Gasteiger partial charge < -0.3 is 4.74 Å². The van der Waals surface area contributed by atoms with Crippen molar-refractivity contribution < 1.29 is 19.1 Å². The molecular weight excluding hydrogens is 426 g/mol. The van der Waals surface area contributed by atoms with Crippen LogP contribution in [0.2, 0.25) is 0 Å². The topological polar surface area (TPSA) is 63.7 Å². The Morgan fingerprint density at radius 1 is 0.853 bits per heavy atom. The molecule has 0 unspecified atom stereocenters. The van der Waals surface area contributed by atoms with Crippen molar-refractivity contribution in [3.63, 3.8) is 0 Å². The Morgan fingerprint density at radius 2 is 1.41 bits per heavy atom. The van der Waals surface area contributed by atoms with Crippen LogP contribution < -0.4 is 4.90 Å². The van der Waals surface area contributed by atoms with Gasteiger partial charge in [0.2, 0.25) is 11.8 Å². The minimum Gasteiger partial charge on any atom is -0.459 e. The van der Waals surface area contributed by atoms with Gasteiger partial charge in [-0.15, -0.1) is 0 Å². The van der Waals surface area contributed by atoms with Gasteiger partial charge in [0.1, 0.15) is 0 Å². The number of hydrogen-bond donors (Lipinski definition) is 0. The molecule has 4 aliphatic rings. The van der Waals surface area contributed by atoms with E-state index in [0.717, 1.165) is 22.3 Å². The summed E-state index contributed by atoms with van der Waals surface area (Å²) in [6, 6.07) is 23.0. The van der Waals surface area contributed by atoms with Crippen molar-refractivity contribution in [1.82, 2.24) is 0 Å². The van der Waals surface area contributed by atoms with Crippen molar-refractivity contribution in [3.8, 4) is 0 Å². The average molecular weight is 452 g/mol. The Labute approximate surface area is 198 Å². The highest BCUT2D eigenvalue weighted by Crippen LogP contribution is 2.64. The number of carbonyl (C=O) groups excluding carboxylic acids is 3. The predicted molar refractivity (Wildman–Crippen MR) is 128 cm³/mol. The van der Waals surface area contributed by atoms with Gasteiger partial charge in [-0.25, -0.2) is 9.69 Å². The highest BCUT2D eigenvalue weighted by molar-refractivity contribution is 6.23. The van der Waals surface area contributed by atoms with Crippen LogP contribution in [0.4, 0.5) is 5.69 Å². The molecule has 34 heavy (non-hydrogen) atoms. The smallest absolute Gasteiger partial charge is 0.338 e. The molecule has 2 amide bonds. The van der Waals surface area contributed by atoms with Gasteiger partial charge in [0.15, 0.2) is 0 Å². The molecule has 170 valence electrons. The molecule has 3 aliphatic carbocycles. The first-order valence-corrected chi connectivity index (χ1v) is 11.7. The van der Waals surface area contributed by atoms with Crippen LogP contribution >= 0.6 is 0 Å². The number of carbonyl (C=O) groups is 3. The largest absolute Gasteiger partial charge is 0.459 e. The van der Waals surface area contributed by atoms with Crippen LogP contribution in [-0.2, 0) is 19.7 Å². The van der Waals surface area contributed by atoms with Crippen LogP contribution in [0.5, 0.6) is 0 Å². The maximum atomic E-state index is 13.9. The maximum Gasteiger partial charge on any atom is 0.338 e. The summed E-state index contributed by atoms with van der Waals surface area (Å²) in [5.41, 5.74) is 4.83. The number of ether oxygens (including phenoxy) is 1. The first kappa shape index (κ1) is 20.8. The predicted octanol–water partition coefficient (Wildman–Crippen LogP) is 4.82. The Bertz CT molecular complexity index is 1310. The van der Waals surface area contributed by atoms with Crippen molar-refractivity contribution >= 4 is 23.5 Å². The fourth-order valence-electron chi connectivity index (χ4n) is 6.43. The number of imide groups is 1. The van der Waals surface area contributed by atoms with Crippen LogP contribution in [0.1, 0.15) is 59.3 Å². The lowest BCUT2D eigenvalue weighted by Gasteiger charge is -2.52. The monoisotopic (exact) mass is 451 g/mol. The highest BCUT2D eigenvalue weighted by atomic mass is 16.5. The third kappa shape index (κ3) is 2.58. The van der Waals surface area contributed by atoms with Crippen LogP contribution in [0.15, 0.2) is 72.8 Å². The van der Waals surface area contributed by atoms with Crippen molar-refractivity contribution in [3.05, 3.63) is 101 Å². The van der Waals surface area contributed by atoms with E-state index in [-0.39, 0.29) is 23.8 Å². The Hall–Kier alpha value is -3.73. The summed E-state index contributed by atoms with van der Waals surface area (Å²) in [4.78, 5) is 41.4. The van der Waals surface area contributed by atoms with Crippen LogP contribution in [-0.4, -0.2) is 23.9 Å². The number of benzene rings is 3. The maximum absolute atomic E-state index is 13.9. The van der Waals surface area contributed by atoms with Gasteiger partial charge >= 0.3 is 5.97 Å². The lowest BCUT2D eigenvalue weighted by molar-refractivity contribution is -0.123. The Morgan fingerprint density at radius 3 is 1.97 bits per heavy atom. The van der Waals surface area contributed by atoms with Crippen LogP contribution in [0.3, 0.4) is 0 Å². The molecular formula is C29H25NO4. The Balaban J connectivity index is 1.45. The van der Waals surface area contributed by atoms with Gasteiger partial charge in [0.25, 0.3) is 0 Å². The molecule has 2 atom stereocenters. The minimum atomic E-state index is -0.588. The average Bonchev–Trinajstić information content (AvgIpc) is 3.10. The molecule has 0 saturated carbocycles. The van der Waals surface area contributed by atoms with Crippen LogP contribution in [0.25, 0.3) is 0 Å². The van der Waals surface area contributed by atoms with Gasteiger partial charge in [-0.05, 0) is 60.4 Å². The quantitative estimate of drug-likeness (QED) is 0.423. The summed E-state index contributed by atoms with van der Waals surface area (Å²) < 4.78 is 5.26. The second-order valence-electron chi connectivity index (χ2n) is 9.87. The molecule has 0 radical (unpaired) electrons. The molecule has 3 aromatic rings.